The van der Waals surface area contributed by atoms with Crippen molar-refractivity contribution in [3.63, 3.8) is 0 Å². The lowest BCUT2D eigenvalue weighted by atomic mass is 10.00. The van der Waals surface area contributed by atoms with Crippen LogP contribution in [-0.4, -0.2) is 129 Å². The van der Waals surface area contributed by atoms with Gasteiger partial charge in [-0.15, -0.1) is 0 Å². The fourth-order valence-corrected chi connectivity index (χ4v) is 9.04. The predicted molar refractivity (Wildman–Crippen MR) is 290 cm³/mol. The average Bonchev–Trinajstić information content (AvgIpc) is 4.31. The lowest BCUT2D eigenvalue weighted by Gasteiger charge is -2.29. The minimum absolute atomic E-state index is 0.130. The van der Waals surface area contributed by atoms with E-state index in [2.05, 4.69) is 72.1 Å². The summed E-state index contributed by atoms with van der Waals surface area (Å²) < 4.78 is 141. The molecule has 5 aromatic rings. The van der Waals surface area contributed by atoms with E-state index in [0.29, 0.717) is 22.9 Å². The number of H-pyrrole nitrogens is 2. The number of para-hydroxylation sites is 1. The van der Waals surface area contributed by atoms with Crippen LogP contribution >= 0.6 is 25.3 Å². The lowest BCUT2D eigenvalue weighted by Crippen LogP contribution is -2.61. The molecule has 15 N–H and O–H groups in total. The maximum Gasteiger partial charge on any atom is 0.244 e. The topological polar surface area (TPSA) is 343 Å². The Kier molecular flexibility index (Phi) is 24.6. The first-order chi connectivity index (χ1) is 40.1. The highest BCUT2D eigenvalue weighted by Crippen LogP contribution is 2.26. The Balaban J connectivity index is 1.37. The third kappa shape index (κ3) is 17.1. The molecular weight excluding hydrogens is 1190 g/mol. The second kappa shape index (κ2) is 30.8. The molecule has 5 rings (SSSR count). The Morgan fingerprint density at radius 1 is 0.529 bits per heavy atom. The highest BCUT2D eigenvalue weighted by atomic mass is 32.1. The first kappa shape index (κ1) is 67.9. The number of imidazole rings is 1. The van der Waals surface area contributed by atoms with Gasteiger partial charge in [0.25, 0.3) is 0 Å². The second-order valence-electron chi connectivity index (χ2n) is 19.6. The van der Waals surface area contributed by atoms with E-state index in [9.17, 15) is 82.3 Å². The predicted octanol–water partition coefficient (Wildman–Crippen LogP) is 1.40. The highest BCUT2D eigenvalue weighted by Gasteiger charge is 2.37. The molecule has 21 nitrogen and oxygen atoms in total. The van der Waals surface area contributed by atoms with Gasteiger partial charge in [0.1, 0.15) is 42.3 Å². The van der Waals surface area contributed by atoms with Crippen molar-refractivity contribution in [3.05, 3.63) is 124 Å². The van der Waals surface area contributed by atoms with E-state index in [1.54, 1.807) is 30.5 Å². The van der Waals surface area contributed by atoms with Crippen LogP contribution in [-0.2, 0) is 64.0 Å². The molecular formula is C52H59F10N13O8S2. The molecule has 0 saturated heterocycles. The van der Waals surface area contributed by atoms with Gasteiger partial charge in [0.15, 0.2) is 46.5 Å². The zero-order valence-corrected chi connectivity index (χ0v) is 46.7. The van der Waals surface area contributed by atoms with Crippen LogP contribution in [0, 0.1) is 64.1 Å². The molecule has 8 amide bonds. The molecule has 0 saturated carbocycles. The summed E-state index contributed by atoms with van der Waals surface area (Å²) in [6.45, 7) is 3.10. The number of benzene rings is 3. The molecule has 85 heavy (non-hydrogen) atoms. The number of nitrogens with one attached hydrogen (secondary N) is 9. The zero-order chi connectivity index (χ0) is 63.1. The quantitative estimate of drug-likeness (QED) is 0.0102. The monoisotopic (exact) mass is 1250 g/mol. The Hall–Kier alpha value is -7.91. The van der Waals surface area contributed by atoms with Crippen LogP contribution in [0.3, 0.4) is 0 Å². The van der Waals surface area contributed by atoms with E-state index in [1.807, 2.05) is 5.32 Å². The van der Waals surface area contributed by atoms with Crippen LogP contribution in [0.25, 0.3) is 10.9 Å². The number of nitrogens with zero attached hydrogens (tertiary/aromatic N) is 1. The van der Waals surface area contributed by atoms with Gasteiger partial charge in [-0.1, -0.05) is 32.0 Å². The van der Waals surface area contributed by atoms with E-state index in [4.69, 9.17) is 17.2 Å². The van der Waals surface area contributed by atoms with Crippen molar-refractivity contribution in [2.24, 2.45) is 23.1 Å². The van der Waals surface area contributed by atoms with Gasteiger partial charge < -0.3 is 64.4 Å². The summed E-state index contributed by atoms with van der Waals surface area (Å²) in [6, 6.07) is -6.91. The minimum Gasteiger partial charge on any atom is -0.368 e. The molecule has 2 heterocycles. The molecule has 0 unspecified atom stereocenters. The van der Waals surface area contributed by atoms with Crippen molar-refractivity contribution in [2.45, 2.75) is 107 Å². The molecule has 0 radical (unpaired) electrons. The van der Waals surface area contributed by atoms with Gasteiger partial charge in [-0.3, -0.25) is 38.4 Å². The Labute approximate surface area is 488 Å². The van der Waals surface area contributed by atoms with E-state index in [1.165, 1.54) is 26.4 Å². The molecule has 0 aliphatic heterocycles. The Morgan fingerprint density at radius 2 is 0.976 bits per heavy atom. The number of rotatable bonds is 30. The van der Waals surface area contributed by atoms with Crippen molar-refractivity contribution >= 4 is 83.4 Å². The highest BCUT2D eigenvalue weighted by molar-refractivity contribution is 7.80. The summed E-state index contributed by atoms with van der Waals surface area (Å²) in [7, 11) is 0. The van der Waals surface area contributed by atoms with Crippen LogP contribution in [0.5, 0.6) is 0 Å². The molecule has 0 bridgehead atoms. The van der Waals surface area contributed by atoms with Crippen molar-refractivity contribution < 1.29 is 82.3 Å². The first-order valence-corrected chi connectivity index (χ1v) is 27.0. The number of aromatic amines is 2. The minimum atomic E-state index is -2.48. The van der Waals surface area contributed by atoms with Gasteiger partial charge in [-0.05, 0) is 43.4 Å². The van der Waals surface area contributed by atoms with E-state index in [0.717, 1.165) is 0 Å². The summed E-state index contributed by atoms with van der Waals surface area (Å²) in [5.41, 5.74) is 15.3. The number of nitrogens with two attached hydrogens (primary N) is 3. The maximum atomic E-state index is 14.7. The van der Waals surface area contributed by atoms with Crippen LogP contribution in [0.4, 0.5) is 43.9 Å². The SMILES string of the molecule is CC(C)[C@H](NC(=O)[C@H](CCCCN)NC(=O)[C@@H](Cc1c[nH]c2ccccc12)NC(=O)[C@H](Cc1cnc[nH]1)NC(=O)[C@@H](CS)NC(=O)[C@@H](N)Cc1c(F)c(F)c(F)c(F)c1F)C(=O)N[C@@H](CS)C(=O)N[C@@H](Cc1c(F)c(F)c(F)c(F)c1F)C(N)=O. The molecule has 0 spiro atoms. The zero-order valence-electron chi connectivity index (χ0n) is 44.9. The third-order valence-electron chi connectivity index (χ3n) is 13.2. The number of hydrogen-bond acceptors (Lipinski definition) is 13. The molecule has 2 aromatic heterocycles. The lowest BCUT2D eigenvalue weighted by molar-refractivity contribution is -0.136. The number of aromatic nitrogens is 3. The van der Waals surface area contributed by atoms with Gasteiger partial charge in [-0.25, -0.2) is 48.9 Å². The number of halogens is 10. The summed E-state index contributed by atoms with van der Waals surface area (Å²) >= 11 is 8.15. The average molecular weight is 1250 g/mol. The molecule has 8 atom stereocenters. The van der Waals surface area contributed by atoms with Crippen LogP contribution in [0.15, 0.2) is 43.0 Å². The number of carbonyl (C=O) groups excluding carboxylic acids is 8. The number of unbranched alkanes of at least 4 members (excludes halogenated alkanes) is 1. The molecule has 3 aromatic carbocycles. The van der Waals surface area contributed by atoms with Gasteiger partial charge in [0.2, 0.25) is 58.9 Å². The molecule has 33 heteroatoms. The smallest absolute Gasteiger partial charge is 0.244 e. The van der Waals surface area contributed by atoms with E-state index in [-0.39, 0.29) is 37.9 Å². The largest absolute Gasteiger partial charge is 0.368 e. The molecule has 0 fully saturated rings. The first-order valence-electron chi connectivity index (χ1n) is 25.8. The normalized spacial score (nSPS) is 14.3. The van der Waals surface area contributed by atoms with Gasteiger partial charge in [0, 0.05) is 77.3 Å². The summed E-state index contributed by atoms with van der Waals surface area (Å²) in [6.07, 6.45) is 1.28. The van der Waals surface area contributed by atoms with Crippen molar-refractivity contribution in [1.82, 2.24) is 52.2 Å². The summed E-state index contributed by atoms with van der Waals surface area (Å²) in [4.78, 5) is 120. The van der Waals surface area contributed by atoms with Gasteiger partial charge in [0.05, 0.1) is 12.4 Å². The third-order valence-corrected chi connectivity index (χ3v) is 14.0. The molecule has 0 aliphatic carbocycles. The number of fused-ring (bicyclic) bond motifs is 1. The fourth-order valence-electron chi connectivity index (χ4n) is 8.52. The van der Waals surface area contributed by atoms with Crippen LogP contribution in [0.2, 0.25) is 0 Å². The Morgan fingerprint density at radius 3 is 1.47 bits per heavy atom. The van der Waals surface area contributed by atoms with Gasteiger partial charge >= 0.3 is 0 Å². The van der Waals surface area contributed by atoms with Crippen molar-refractivity contribution in [2.75, 3.05) is 18.1 Å². The summed E-state index contributed by atoms with van der Waals surface area (Å²) in [5.74, 6) is -34.3. The number of thiol groups is 2. The van der Waals surface area contributed by atoms with Crippen LogP contribution < -0.4 is 54.4 Å². The number of hydrogen-bond donors (Lipinski definition) is 14. The van der Waals surface area contributed by atoms with Crippen molar-refractivity contribution in [3.8, 4) is 0 Å². The van der Waals surface area contributed by atoms with E-state index >= 15 is 0 Å². The molecule has 462 valence electrons. The number of carbonyl (C=O) groups is 8. The summed E-state index contributed by atoms with van der Waals surface area (Å²) in [5, 5.41) is 17.3. The standard InChI is InChI=1S/C52H59F10N13O8S2/c1-20(2)44(52(83)74-33(18-85)50(81)70-29(45(65)76)14-25-36(55)40(59)43(62)41(60)37(25)56)75-47(78)28(9-5-6-10-63)69-48(79)30(11-21-15-67-27-8-4-3-7-23(21)27)71-49(80)31(12-22-16-66-19-68-22)72-51(82)32(17-84)73-46(77)26(64)13-24-34(53)38(57)42(61)39(58)35(24)54/h3-4,7-8,15-16,19-20,26,28-33,44,67,84-85H,5-6,9-14,17-18,63-64H2,1-2H3,(H2,65,76)(H,66,68)(H,69,79)(H,70,81)(H,71,80)(H,72,82)(H,73,77)(H,74,83)(H,75,78)/t26-,28-,29-,30+,31-,32+,33-,44-/m0/s1. The maximum absolute atomic E-state index is 14.7. The second-order valence-corrected chi connectivity index (χ2v) is 20.3. The fraction of sp³-hybridized carbons (Fsp3) is 0.404. The molecule has 0 aliphatic rings. The van der Waals surface area contributed by atoms with Crippen molar-refractivity contribution in [1.29, 1.82) is 0 Å². The van der Waals surface area contributed by atoms with Gasteiger partial charge in [-0.2, -0.15) is 25.3 Å². The van der Waals surface area contributed by atoms with Crippen LogP contribution in [0.1, 0.15) is 55.5 Å². The Bertz CT molecular complexity index is 3220. The van der Waals surface area contributed by atoms with E-state index < -0.39 is 195 Å². The number of primary amides is 1. The number of amides is 8.